The van der Waals surface area contributed by atoms with Crippen LogP contribution in [0.5, 0.6) is 11.5 Å². The van der Waals surface area contributed by atoms with Gasteiger partial charge >= 0.3 is 0 Å². The molecule has 1 atom stereocenters. The largest absolute Gasteiger partial charge is 0.494 e. The lowest BCUT2D eigenvalue weighted by molar-refractivity contribution is -0.0182. The summed E-state index contributed by atoms with van der Waals surface area (Å²) >= 11 is 0. The van der Waals surface area contributed by atoms with Crippen LogP contribution in [0.2, 0.25) is 0 Å². The number of morpholine rings is 1. The predicted octanol–water partition coefficient (Wildman–Crippen LogP) is 1.77. The number of nitrogens with one attached hydrogen (secondary N) is 1. The van der Waals surface area contributed by atoms with Gasteiger partial charge in [-0.15, -0.1) is 0 Å². The second-order valence-corrected chi connectivity index (χ2v) is 5.63. The maximum atomic E-state index is 5.71. The lowest BCUT2D eigenvalue weighted by Gasteiger charge is -2.30. The van der Waals surface area contributed by atoms with Gasteiger partial charge in [-0.3, -0.25) is 0 Å². The minimum absolute atomic E-state index is 0.286. The Morgan fingerprint density at radius 2 is 1.86 bits per heavy atom. The zero-order valence-electron chi connectivity index (χ0n) is 13.7. The Kier molecular flexibility index (Phi) is 7.49. The van der Waals surface area contributed by atoms with E-state index in [1.165, 1.54) is 0 Å². The monoisotopic (exact) mass is 308 g/mol. The van der Waals surface area contributed by atoms with E-state index >= 15 is 0 Å². The SMILES string of the molecule is CCCOc1ccc(OCCNC[C@@H]2CN(C)CCO2)cc1. The normalized spacial score (nSPS) is 19.1. The third-order valence-corrected chi connectivity index (χ3v) is 3.56. The van der Waals surface area contributed by atoms with Gasteiger partial charge in [0.15, 0.2) is 0 Å². The maximum absolute atomic E-state index is 5.71. The van der Waals surface area contributed by atoms with E-state index in [0.717, 1.165) is 57.3 Å². The van der Waals surface area contributed by atoms with E-state index in [1.54, 1.807) is 0 Å². The first-order chi connectivity index (χ1) is 10.8. The van der Waals surface area contributed by atoms with Crippen molar-refractivity contribution >= 4 is 0 Å². The Hall–Kier alpha value is -1.30. The highest BCUT2D eigenvalue weighted by Gasteiger charge is 2.16. The lowest BCUT2D eigenvalue weighted by Crippen LogP contribution is -2.45. The Bertz CT molecular complexity index is 411. The van der Waals surface area contributed by atoms with Crippen molar-refractivity contribution < 1.29 is 14.2 Å². The van der Waals surface area contributed by atoms with Crippen LogP contribution in [-0.2, 0) is 4.74 Å². The number of hydrogen-bond acceptors (Lipinski definition) is 5. The molecule has 22 heavy (non-hydrogen) atoms. The quantitative estimate of drug-likeness (QED) is 0.704. The summed E-state index contributed by atoms with van der Waals surface area (Å²) in [6.45, 7) is 8.03. The maximum Gasteiger partial charge on any atom is 0.119 e. The van der Waals surface area contributed by atoms with Crippen LogP contribution in [0.15, 0.2) is 24.3 Å². The third kappa shape index (κ3) is 6.22. The van der Waals surface area contributed by atoms with E-state index in [1.807, 2.05) is 24.3 Å². The van der Waals surface area contributed by atoms with Crippen molar-refractivity contribution in [1.29, 1.82) is 0 Å². The van der Waals surface area contributed by atoms with Gasteiger partial charge in [-0.1, -0.05) is 6.92 Å². The Morgan fingerprint density at radius 3 is 2.50 bits per heavy atom. The minimum Gasteiger partial charge on any atom is -0.494 e. The first kappa shape index (κ1) is 17.1. The van der Waals surface area contributed by atoms with Crippen molar-refractivity contribution in [3.05, 3.63) is 24.3 Å². The molecule has 0 unspecified atom stereocenters. The summed E-state index contributed by atoms with van der Waals surface area (Å²) in [7, 11) is 2.13. The molecular formula is C17H28N2O3. The molecule has 2 rings (SSSR count). The van der Waals surface area contributed by atoms with Gasteiger partial charge in [0.25, 0.3) is 0 Å². The summed E-state index contributed by atoms with van der Waals surface area (Å²) in [5.41, 5.74) is 0. The topological polar surface area (TPSA) is 43.0 Å². The fraction of sp³-hybridized carbons (Fsp3) is 0.647. The van der Waals surface area contributed by atoms with E-state index in [2.05, 4.69) is 24.2 Å². The molecule has 0 spiro atoms. The van der Waals surface area contributed by atoms with Gasteiger partial charge in [0.2, 0.25) is 0 Å². The van der Waals surface area contributed by atoms with Crippen molar-refractivity contribution in [1.82, 2.24) is 10.2 Å². The summed E-state index contributed by atoms with van der Waals surface area (Å²) < 4.78 is 16.9. The molecular weight excluding hydrogens is 280 g/mol. The minimum atomic E-state index is 0.286. The number of nitrogens with zero attached hydrogens (tertiary/aromatic N) is 1. The molecule has 0 aliphatic carbocycles. The molecule has 1 aliphatic heterocycles. The first-order valence-electron chi connectivity index (χ1n) is 8.14. The molecule has 1 N–H and O–H groups in total. The molecule has 1 saturated heterocycles. The van der Waals surface area contributed by atoms with Crippen molar-refractivity contribution in [2.45, 2.75) is 19.4 Å². The second kappa shape index (κ2) is 9.66. The van der Waals surface area contributed by atoms with Gasteiger partial charge in [-0.05, 0) is 37.7 Å². The van der Waals surface area contributed by atoms with Crippen molar-refractivity contribution in [3.63, 3.8) is 0 Å². The van der Waals surface area contributed by atoms with Gasteiger partial charge in [0.05, 0.1) is 19.3 Å². The van der Waals surface area contributed by atoms with Crippen molar-refractivity contribution in [3.8, 4) is 11.5 Å². The van der Waals surface area contributed by atoms with E-state index in [0.29, 0.717) is 6.61 Å². The number of likely N-dealkylation sites (N-methyl/N-ethyl adjacent to an activating group) is 1. The van der Waals surface area contributed by atoms with E-state index in [9.17, 15) is 0 Å². The summed E-state index contributed by atoms with van der Waals surface area (Å²) in [6.07, 6.45) is 1.30. The fourth-order valence-electron chi connectivity index (χ4n) is 2.35. The third-order valence-electron chi connectivity index (χ3n) is 3.56. The van der Waals surface area contributed by atoms with Gasteiger partial charge in [-0.2, -0.15) is 0 Å². The Morgan fingerprint density at radius 1 is 1.18 bits per heavy atom. The van der Waals surface area contributed by atoms with Crippen LogP contribution in [0.4, 0.5) is 0 Å². The average molecular weight is 308 g/mol. The summed E-state index contributed by atoms with van der Waals surface area (Å²) in [4.78, 5) is 2.30. The Labute approximate surface area is 133 Å². The molecule has 5 heteroatoms. The van der Waals surface area contributed by atoms with Crippen LogP contribution >= 0.6 is 0 Å². The number of hydrogen-bond donors (Lipinski definition) is 1. The van der Waals surface area contributed by atoms with Crippen LogP contribution in [-0.4, -0.2) is 64.1 Å². The van der Waals surface area contributed by atoms with Crippen LogP contribution in [0.3, 0.4) is 0 Å². The second-order valence-electron chi connectivity index (χ2n) is 5.63. The van der Waals surface area contributed by atoms with Gasteiger partial charge < -0.3 is 24.4 Å². The number of benzene rings is 1. The first-order valence-corrected chi connectivity index (χ1v) is 8.14. The molecule has 5 nitrogen and oxygen atoms in total. The molecule has 1 aromatic carbocycles. The molecule has 0 saturated carbocycles. The van der Waals surface area contributed by atoms with Gasteiger partial charge in [-0.25, -0.2) is 0 Å². The zero-order valence-corrected chi connectivity index (χ0v) is 13.7. The summed E-state index contributed by atoms with van der Waals surface area (Å²) in [5, 5.41) is 3.38. The molecule has 0 amide bonds. The fourth-order valence-corrected chi connectivity index (χ4v) is 2.35. The van der Waals surface area contributed by atoms with Gasteiger partial charge in [0.1, 0.15) is 18.1 Å². The number of ether oxygens (including phenoxy) is 3. The van der Waals surface area contributed by atoms with E-state index < -0.39 is 0 Å². The van der Waals surface area contributed by atoms with Gasteiger partial charge in [0, 0.05) is 26.2 Å². The van der Waals surface area contributed by atoms with E-state index in [4.69, 9.17) is 14.2 Å². The zero-order chi connectivity index (χ0) is 15.6. The van der Waals surface area contributed by atoms with Crippen LogP contribution in [0, 0.1) is 0 Å². The number of rotatable bonds is 9. The van der Waals surface area contributed by atoms with E-state index in [-0.39, 0.29) is 6.10 Å². The molecule has 1 fully saturated rings. The smallest absolute Gasteiger partial charge is 0.119 e. The van der Waals surface area contributed by atoms with Crippen molar-refractivity contribution in [2.75, 3.05) is 53.0 Å². The highest BCUT2D eigenvalue weighted by atomic mass is 16.5. The van der Waals surface area contributed by atoms with Crippen molar-refractivity contribution in [2.24, 2.45) is 0 Å². The standard InChI is InChI=1S/C17H28N2O3/c1-3-10-20-15-4-6-16(7-5-15)21-11-8-18-13-17-14-19(2)9-12-22-17/h4-7,17-18H,3,8-14H2,1-2H3/t17-/m1/s1. The predicted molar refractivity (Wildman–Crippen MR) is 87.8 cm³/mol. The molecule has 1 heterocycles. The van der Waals surface area contributed by atoms with Crippen LogP contribution < -0.4 is 14.8 Å². The van der Waals surface area contributed by atoms with Crippen LogP contribution in [0.25, 0.3) is 0 Å². The average Bonchev–Trinajstić information content (AvgIpc) is 2.54. The highest BCUT2D eigenvalue weighted by molar-refractivity contribution is 5.31. The molecule has 0 radical (unpaired) electrons. The molecule has 0 bridgehead atoms. The molecule has 1 aliphatic rings. The Balaban J connectivity index is 1.56. The highest BCUT2D eigenvalue weighted by Crippen LogP contribution is 2.17. The summed E-state index contributed by atoms with van der Waals surface area (Å²) in [6, 6.07) is 7.79. The molecule has 0 aromatic heterocycles. The molecule has 124 valence electrons. The van der Waals surface area contributed by atoms with Crippen LogP contribution in [0.1, 0.15) is 13.3 Å². The summed E-state index contributed by atoms with van der Waals surface area (Å²) in [5.74, 6) is 1.77. The lowest BCUT2D eigenvalue weighted by atomic mass is 10.3. The molecule has 1 aromatic rings.